The van der Waals surface area contributed by atoms with Crippen LogP contribution in [-0.2, 0) is 4.79 Å². The summed E-state index contributed by atoms with van der Waals surface area (Å²) in [6.45, 7) is -0.843. The van der Waals surface area contributed by atoms with Gasteiger partial charge in [0.05, 0.1) is 16.7 Å². The van der Waals surface area contributed by atoms with Crippen molar-refractivity contribution >= 4 is 29.2 Å². The van der Waals surface area contributed by atoms with E-state index in [1.807, 2.05) is 12.1 Å². The van der Waals surface area contributed by atoms with Crippen LogP contribution < -0.4 is 5.73 Å². The Hall–Kier alpha value is -1.75. The van der Waals surface area contributed by atoms with Crippen LogP contribution in [0.1, 0.15) is 41.5 Å². The fraction of sp³-hybridized carbons (Fsp3) is 0.409. The molecule has 8 N–H and O–H groups in total. The Morgan fingerprint density at radius 3 is 2.16 bits per heavy atom. The van der Waals surface area contributed by atoms with Crippen LogP contribution in [0.25, 0.3) is 0 Å². The molecule has 0 radical (unpaired) electrons. The maximum atomic E-state index is 10.1. The monoisotopic (exact) mass is 487 g/mol. The van der Waals surface area contributed by atoms with Crippen molar-refractivity contribution in [2.24, 2.45) is 5.73 Å². The second-order valence-electron chi connectivity index (χ2n) is 7.55. The highest BCUT2D eigenvalue weighted by atomic mass is 35.5. The van der Waals surface area contributed by atoms with E-state index in [1.54, 1.807) is 0 Å². The summed E-state index contributed by atoms with van der Waals surface area (Å²) in [7, 11) is 0. The molecule has 6 atom stereocenters. The van der Waals surface area contributed by atoms with E-state index in [0.29, 0.717) is 16.0 Å². The van der Waals surface area contributed by atoms with E-state index in [-0.39, 0.29) is 6.04 Å². The minimum atomic E-state index is -2.20. The SMILES string of the molecule is N[C@H]1CC[C@@H](c2ccc(Cl)c(Cl)c2)c2ccccc21.O=C(O)[C@H](O)[C@@H](O)[C@H](O)[C@H](O)CO. The quantitative estimate of drug-likeness (QED) is 0.321. The van der Waals surface area contributed by atoms with Crippen LogP contribution in [0.3, 0.4) is 0 Å². The molecule has 0 saturated heterocycles. The van der Waals surface area contributed by atoms with Gasteiger partial charge in [0.1, 0.15) is 18.3 Å². The first-order chi connectivity index (χ1) is 15.1. The van der Waals surface area contributed by atoms with Crippen LogP contribution >= 0.6 is 23.2 Å². The van der Waals surface area contributed by atoms with Crippen LogP contribution in [0.4, 0.5) is 0 Å². The number of nitrogens with two attached hydrogens (primary N) is 1. The zero-order valence-corrected chi connectivity index (χ0v) is 18.6. The van der Waals surface area contributed by atoms with Gasteiger partial charge >= 0.3 is 5.97 Å². The van der Waals surface area contributed by atoms with Gasteiger partial charge in [0, 0.05) is 12.0 Å². The van der Waals surface area contributed by atoms with Crippen molar-refractivity contribution in [3.63, 3.8) is 0 Å². The van der Waals surface area contributed by atoms with Gasteiger partial charge in [-0.2, -0.15) is 0 Å². The number of benzene rings is 2. The molecule has 32 heavy (non-hydrogen) atoms. The number of aliphatic hydroxyl groups is 5. The maximum absolute atomic E-state index is 10.1. The molecular formula is C22H27Cl2NO7. The second-order valence-corrected chi connectivity index (χ2v) is 8.37. The van der Waals surface area contributed by atoms with E-state index in [4.69, 9.17) is 59.6 Å². The summed E-state index contributed by atoms with van der Waals surface area (Å²) in [6, 6.07) is 14.5. The van der Waals surface area contributed by atoms with Crippen LogP contribution in [0.5, 0.6) is 0 Å². The zero-order valence-electron chi connectivity index (χ0n) is 17.1. The van der Waals surface area contributed by atoms with Crippen molar-refractivity contribution in [2.75, 3.05) is 6.61 Å². The molecule has 176 valence electrons. The Morgan fingerprint density at radius 2 is 1.59 bits per heavy atom. The van der Waals surface area contributed by atoms with Gasteiger partial charge in [-0.15, -0.1) is 0 Å². The lowest BCUT2D eigenvalue weighted by atomic mass is 9.77. The van der Waals surface area contributed by atoms with Crippen LogP contribution in [0.15, 0.2) is 42.5 Å². The Morgan fingerprint density at radius 1 is 0.969 bits per heavy atom. The first kappa shape index (κ1) is 26.5. The Kier molecular flexibility index (Phi) is 9.87. The summed E-state index contributed by atoms with van der Waals surface area (Å²) < 4.78 is 0. The first-order valence-corrected chi connectivity index (χ1v) is 10.7. The minimum Gasteiger partial charge on any atom is -0.479 e. The molecule has 2 aromatic rings. The van der Waals surface area contributed by atoms with E-state index in [0.717, 1.165) is 12.8 Å². The molecule has 0 saturated carbocycles. The van der Waals surface area contributed by atoms with Crippen molar-refractivity contribution in [3.8, 4) is 0 Å². The van der Waals surface area contributed by atoms with Crippen molar-refractivity contribution in [3.05, 3.63) is 69.2 Å². The summed E-state index contributed by atoms with van der Waals surface area (Å²) in [6.07, 6.45) is -5.78. The van der Waals surface area contributed by atoms with E-state index >= 15 is 0 Å². The third kappa shape index (κ3) is 6.40. The predicted molar refractivity (Wildman–Crippen MR) is 120 cm³/mol. The summed E-state index contributed by atoms with van der Waals surface area (Å²) in [4.78, 5) is 10.1. The highest BCUT2D eigenvalue weighted by Crippen LogP contribution is 2.41. The molecule has 1 aliphatic rings. The number of carboxylic acids is 1. The molecule has 0 aliphatic heterocycles. The Balaban J connectivity index is 0.000000247. The molecule has 0 heterocycles. The molecule has 8 nitrogen and oxygen atoms in total. The van der Waals surface area contributed by atoms with E-state index < -0.39 is 37.0 Å². The fourth-order valence-corrected chi connectivity index (χ4v) is 3.87. The zero-order chi connectivity index (χ0) is 24.0. The number of aliphatic hydroxyl groups excluding tert-OH is 5. The molecule has 2 aromatic carbocycles. The number of rotatable bonds is 6. The lowest BCUT2D eigenvalue weighted by Gasteiger charge is -2.30. The largest absolute Gasteiger partial charge is 0.479 e. The van der Waals surface area contributed by atoms with Gasteiger partial charge in [0.2, 0.25) is 0 Å². The van der Waals surface area contributed by atoms with Gasteiger partial charge < -0.3 is 36.4 Å². The molecule has 0 bridgehead atoms. The lowest BCUT2D eigenvalue weighted by Crippen LogP contribution is -2.48. The third-order valence-electron chi connectivity index (χ3n) is 5.39. The van der Waals surface area contributed by atoms with Gasteiger partial charge in [-0.25, -0.2) is 4.79 Å². The third-order valence-corrected chi connectivity index (χ3v) is 6.13. The second kappa shape index (κ2) is 11.9. The summed E-state index contributed by atoms with van der Waals surface area (Å²) >= 11 is 12.1. The van der Waals surface area contributed by atoms with E-state index in [2.05, 4.69) is 30.3 Å². The lowest BCUT2D eigenvalue weighted by molar-refractivity contribution is -0.164. The van der Waals surface area contributed by atoms with Gasteiger partial charge in [0.15, 0.2) is 6.10 Å². The topological polar surface area (TPSA) is 164 Å². The van der Waals surface area contributed by atoms with Crippen molar-refractivity contribution in [2.45, 2.75) is 49.2 Å². The van der Waals surface area contributed by atoms with Gasteiger partial charge in [-0.1, -0.05) is 53.5 Å². The van der Waals surface area contributed by atoms with Crippen molar-refractivity contribution < 1.29 is 35.4 Å². The number of fused-ring (bicyclic) bond motifs is 1. The summed E-state index contributed by atoms with van der Waals surface area (Å²) in [5.41, 5.74) is 9.98. The smallest absolute Gasteiger partial charge is 0.335 e. The molecule has 0 fully saturated rings. The maximum Gasteiger partial charge on any atom is 0.335 e. The average Bonchev–Trinajstić information content (AvgIpc) is 2.79. The standard InChI is InChI=1S/C16H15Cl2N.C6H12O7/c17-14-7-5-10(9-15(14)18)11-6-8-16(19)13-4-2-1-3-12(11)13;7-1-2(8)3(9)4(10)5(11)6(12)13/h1-5,7,9,11,16H,6,8,19H2;2-5,7-11H,1H2,(H,12,13)/t11-,16-;2-,3-,4+,5-/m01/s1. The van der Waals surface area contributed by atoms with Crippen LogP contribution in [0, 0.1) is 0 Å². The molecule has 1 aliphatic carbocycles. The molecule has 0 spiro atoms. The van der Waals surface area contributed by atoms with Crippen molar-refractivity contribution in [1.82, 2.24) is 0 Å². The van der Waals surface area contributed by atoms with Crippen molar-refractivity contribution in [1.29, 1.82) is 0 Å². The van der Waals surface area contributed by atoms with E-state index in [9.17, 15) is 4.79 Å². The molecule has 0 unspecified atom stereocenters. The number of hydrogen-bond donors (Lipinski definition) is 7. The normalized spacial score (nSPS) is 21.4. The average molecular weight is 488 g/mol. The number of aliphatic carboxylic acids is 1. The molecule has 0 aromatic heterocycles. The van der Waals surface area contributed by atoms with Gasteiger partial charge in [-0.05, 0) is 41.7 Å². The molecule has 3 rings (SSSR count). The summed E-state index contributed by atoms with van der Waals surface area (Å²) in [5.74, 6) is -1.36. The fourth-order valence-electron chi connectivity index (χ4n) is 3.57. The highest BCUT2D eigenvalue weighted by Gasteiger charge is 2.33. The Labute approximate surface area is 195 Å². The predicted octanol–water partition coefficient (Wildman–Crippen LogP) is 1.43. The van der Waals surface area contributed by atoms with Crippen LogP contribution in [-0.4, -0.2) is 67.6 Å². The molecular weight excluding hydrogens is 461 g/mol. The summed E-state index contributed by atoms with van der Waals surface area (Å²) in [5, 5.41) is 53.0. The minimum absolute atomic E-state index is 0.148. The van der Waals surface area contributed by atoms with Gasteiger partial charge in [-0.3, -0.25) is 0 Å². The molecule has 0 amide bonds. The number of halogens is 2. The van der Waals surface area contributed by atoms with E-state index in [1.165, 1.54) is 16.7 Å². The molecule has 10 heteroatoms. The highest BCUT2D eigenvalue weighted by molar-refractivity contribution is 6.42. The van der Waals surface area contributed by atoms with Crippen LogP contribution in [0.2, 0.25) is 10.0 Å². The first-order valence-electron chi connectivity index (χ1n) is 9.93. The number of carbonyl (C=O) groups is 1. The number of hydrogen-bond acceptors (Lipinski definition) is 7. The number of carboxylic acid groups (broad SMARTS) is 1. The van der Waals surface area contributed by atoms with Gasteiger partial charge in [0.25, 0.3) is 0 Å². The Bertz CT molecular complexity index is 914.